The molecule has 0 aromatic carbocycles. The Kier molecular flexibility index (Phi) is 50.1. The summed E-state index contributed by atoms with van der Waals surface area (Å²) in [5.74, 6) is -0.0651. The van der Waals surface area contributed by atoms with E-state index in [4.69, 9.17) is 4.74 Å². The highest BCUT2D eigenvalue weighted by Gasteiger charge is 2.20. The largest absolute Gasteiger partial charge is 0.466 e. The fourth-order valence-electron chi connectivity index (χ4n) is 8.58. The number of carbonyl (C=O) groups is 2. The third kappa shape index (κ3) is 47.9. The van der Waals surface area contributed by atoms with E-state index in [1.165, 1.54) is 212 Å². The van der Waals surface area contributed by atoms with E-state index in [1.54, 1.807) is 0 Å². The van der Waals surface area contributed by atoms with Gasteiger partial charge in [-0.1, -0.05) is 251 Å². The lowest BCUT2D eigenvalue weighted by molar-refractivity contribution is -0.143. The minimum atomic E-state index is -0.674. The molecule has 1 amide bonds. The van der Waals surface area contributed by atoms with Crippen LogP contribution in [0.15, 0.2) is 12.2 Å². The third-order valence-corrected chi connectivity index (χ3v) is 12.8. The summed E-state index contributed by atoms with van der Waals surface area (Å²) >= 11 is 0. The van der Waals surface area contributed by atoms with Crippen LogP contribution in [0, 0.1) is 0 Å². The summed E-state index contributed by atoms with van der Waals surface area (Å²) in [4.78, 5) is 24.5. The Morgan fingerprint density at radius 3 is 1.16 bits per heavy atom. The molecule has 0 aliphatic carbocycles. The van der Waals surface area contributed by atoms with Crippen LogP contribution >= 0.6 is 0 Å². The van der Waals surface area contributed by atoms with Crippen molar-refractivity contribution >= 4 is 11.9 Å². The Balaban J connectivity index is 3.46. The molecule has 0 aliphatic heterocycles. The number of hydrogen-bond donors (Lipinski definition) is 3. The Bertz CT molecular complexity index is 909. The van der Waals surface area contributed by atoms with Crippen molar-refractivity contribution in [1.29, 1.82) is 0 Å². The van der Waals surface area contributed by atoms with Crippen molar-refractivity contribution in [3.63, 3.8) is 0 Å². The first-order chi connectivity index (χ1) is 30.0. The number of allylic oxidation sites excluding steroid dienone is 2. The average molecular weight is 862 g/mol. The molecule has 3 N–H and O–H groups in total. The maximum Gasteiger partial charge on any atom is 0.305 e. The summed E-state index contributed by atoms with van der Waals surface area (Å²) in [6.07, 6.45) is 59.0. The van der Waals surface area contributed by atoms with Crippen LogP contribution in [0.2, 0.25) is 0 Å². The molecular weight excluding hydrogens is 755 g/mol. The number of rotatable bonds is 51. The number of ether oxygens (including phenoxy) is 1. The molecule has 0 heterocycles. The van der Waals surface area contributed by atoms with Gasteiger partial charge >= 0.3 is 5.97 Å². The summed E-state index contributed by atoms with van der Waals surface area (Å²) in [6.45, 7) is 4.92. The van der Waals surface area contributed by atoms with E-state index in [2.05, 4.69) is 31.3 Å². The molecule has 6 heteroatoms. The lowest BCUT2D eigenvalue weighted by atomic mass is 10.0. The Hall–Kier alpha value is -1.40. The van der Waals surface area contributed by atoms with Crippen LogP contribution < -0.4 is 5.32 Å². The van der Waals surface area contributed by atoms with E-state index in [1.807, 2.05) is 0 Å². The molecule has 0 spiro atoms. The first-order valence-corrected chi connectivity index (χ1v) is 27.4. The lowest BCUT2D eigenvalue weighted by Crippen LogP contribution is -2.45. The highest BCUT2D eigenvalue weighted by molar-refractivity contribution is 5.76. The highest BCUT2D eigenvalue weighted by atomic mass is 16.5. The molecule has 0 saturated carbocycles. The van der Waals surface area contributed by atoms with Crippen LogP contribution in [0.4, 0.5) is 0 Å². The third-order valence-electron chi connectivity index (χ3n) is 12.8. The average Bonchev–Trinajstić information content (AvgIpc) is 3.26. The van der Waals surface area contributed by atoms with E-state index in [0.29, 0.717) is 25.9 Å². The summed E-state index contributed by atoms with van der Waals surface area (Å²) in [5.41, 5.74) is 0. The van der Waals surface area contributed by atoms with Crippen molar-refractivity contribution in [2.45, 2.75) is 315 Å². The van der Waals surface area contributed by atoms with Crippen molar-refractivity contribution in [2.24, 2.45) is 0 Å². The fourth-order valence-corrected chi connectivity index (χ4v) is 8.58. The molecule has 61 heavy (non-hydrogen) atoms. The first kappa shape index (κ1) is 59.6. The summed E-state index contributed by atoms with van der Waals surface area (Å²) in [7, 11) is 0. The zero-order valence-electron chi connectivity index (χ0n) is 41.2. The zero-order chi connectivity index (χ0) is 44.4. The van der Waals surface area contributed by atoms with Crippen LogP contribution in [-0.4, -0.2) is 47.4 Å². The second-order valence-electron chi connectivity index (χ2n) is 18.9. The fraction of sp³-hybridized carbons (Fsp3) is 0.927. The topological polar surface area (TPSA) is 95.9 Å². The molecule has 0 aromatic heterocycles. The van der Waals surface area contributed by atoms with Crippen LogP contribution in [0.3, 0.4) is 0 Å². The van der Waals surface area contributed by atoms with Gasteiger partial charge in [-0.3, -0.25) is 9.59 Å². The van der Waals surface area contributed by atoms with Gasteiger partial charge in [-0.05, 0) is 51.4 Å². The van der Waals surface area contributed by atoms with E-state index < -0.39 is 12.1 Å². The second kappa shape index (κ2) is 51.2. The summed E-state index contributed by atoms with van der Waals surface area (Å²) in [6, 6.07) is -0.553. The number of amides is 1. The van der Waals surface area contributed by atoms with Crippen molar-refractivity contribution < 1.29 is 24.5 Å². The number of carbonyl (C=O) groups excluding carboxylic acids is 2. The Morgan fingerprint density at radius 2 is 0.770 bits per heavy atom. The van der Waals surface area contributed by atoms with Gasteiger partial charge in [0, 0.05) is 12.8 Å². The number of nitrogens with one attached hydrogen (secondary N) is 1. The predicted octanol–water partition coefficient (Wildman–Crippen LogP) is 16.5. The van der Waals surface area contributed by atoms with E-state index in [9.17, 15) is 19.8 Å². The van der Waals surface area contributed by atoms with Crippen LogP contribution in [-0.2, 0) is 14.3 Å². The van der Waals surface area contributed by atoms with Gasteiger partial charge in [0.05, 0.1) is 25.4 Å². The molecule has 0 radical (unpaired) electrons. The van der Waals surface area contributed by atoms with Gasteiger partial charge in [-0.15, -0.1) is 0 Å². The Morgan fingerprint density at radius 1 is 0.443 bits per heavy atom. The second-order valence-corrected chi connectivity index (χ2v) is 18.9. The number of aliphatic hydroxyl groups excluding tert-OH is 2. The molecule has 0 saturated heterocycles. The molecule has 0 fully saturated rings. The molecule has 362 valence electrons. The van der Waals surface area contributed by atoms with Crippen molar-refractivity contribution in [1.82, 2.24) is 5.32 Å². The van der Waals surface area contributed by atoms with Gasteiger partial charge in [0.25, 0.3) is 0 Å². The summed E-state index contributed by atoms with van der Waals surface area (Å²) in [5, 5.41) is 23.3. The van der Waals surface area contributed by atoms with E-state index in [-0.39, 0.29) is 18.5 Å². The molecule has 2 atom stereocenters. The lowest BCUT2D eigenvalue weighted by Gasteiger charge is -2.22. The predicted molar refractivity (Wildman–Crippen MR) is 264 cm³/mol. The van der Waals surface area contributed by atoms with E-state index >= 15 is 0 Å². The molecule has 0 bridgehead atoms. The number of esters is 1. The smallest absolute Gasteiger partial charge is 0.305 e. The van der Waals surface area contributed by atoms with E-state index in [0.717, 1.165) is 57.8 Å². The zero-order valence-corrected chi connectivity index (χ0v) is 41.2. The van der Waals surface area contributed by atoms with Crippen molar-refractivity contribution in [2.75, 3.05) is 13.2 Å². The number of unbranched alkanes of at least 4 members (excludes halogenated alkanes) is 38. The molecule has 6 nitrogen and oxygen atoms in total. The van der Waals surface area contributed by atoms with Crippen LogP contribution in [0.5, 0.6) is 0 Å². The van der Waals surface area contributed by atoms with Crippen molar-refractivity contribution in [3.8, 4) is 0 Å². The number of aliphatic hydroxyl groups is 2. The van der Waals surface area contributed by atoms with Crippen molar-refractivity contribution in [3.05, 3.63) is 12.2 Å². The Labute approximate surface area is 380 Å². The van der Waals surface area contributed by atoms with Crippen LogP contribution in [0.25, 0.3) is 0 Å². The first-order valence-electron chi connectivity index (χ1n) is 27.4. The quantitative estimate of drug-likeness (QED) is 0.0322. The minimum absolute atomic E-state index is 0.0164. The maximum absolute atomic E-state index is 12.5. The van der Waals surface area contributed by atoms with Crippen LogP contribution in [0.1, 0.15) is 303 Å². The monoisotopic (exact) mass is 862 g/mol. The number of hydrogen-bond acceptors (Lipinski definition) is 5. The molecule has 0 aliphatic rings. The maximum atomic E-state index is 12.5. The van der Waals surface area contributed by atoms with Gasteiger partial charge in [0.15, 0.2) is 0 Å². The molecule has 0 aromatic rings. The van der Waals surface area contributed by atoms with Gasteiger partial charge in [-0.2, -0.15) is 0 Å². The van der Waals surface area contributed by atoms with Gasteiger partial charge in [0.2, 0.25) is 5.91 Å². The molecule has 2 unspecified atom stereocenters. The normalized spacial score (nSPS) is 12.7. The standard InChI is InChI=1S/C55H107NO5/c1-3-5-7-9-11-13-15-17-19-20-22-23-27-31-35-39-43-47-53(58)52(51-57)56-54(59)48-44-40-36-32-28-25-26-30-34-38-42-46-50-61-55(60)49-45-41-37-33-29-24-21-18-16-14-12-10-8-6-4-2/h18,21,52-53,57-58H,3-17,19-20,22-51H2,1-2H3,(H,56,59)/b21-18-. The SMILES string of the molecule is CCCCCCCC/C=C\CCCCCCCC(=O)OCCCCCCCCCCCCCCC(=O)NC(CO)C(O)CCCCCCCCCCCCCCCCCCC. The summed E-state index contributed by atoms with van der Waals surface area (Å²) < 4.78 is 5.46. The van der Waals surface area contributed by atoms with Gasteiger partial charge in [-0.25, -0.2) is 0 Å². The molecule has 0 rings (SSSR count). The minimum Gasteiger partial charge on any atom is -0.466 e. The molecular formula is C55H107NO5. The highest BCUT2D eigenvalue weighted by Crippen LogP contribution is 2.17. The van der Waals surface area contributed by atoms with Gasteiger partial charge in [0.1, 0.15) is 0 Å². The van der Waals surface area contributed by atoms with Gasteiger partial charge < -0.3 is 20.3 Å².